The molecule has 0 heterocycles. The van der Waals surface area contributed by atoms with Crippen LogP contribution in [0.15, 0.2) is 5.16 Å². The maximum atomic E-state index is 8.21. The molecule has 0 aliphatic rings. The van der Waals surface area contributed by atoms with Gasteiger partial charge in [-0.1, -0.05) is 25.4 Å². The first kappa shape index (κ1) is 10.6. The van der Waals surface area contributed by atoms with Crippen LogP contribution in [-0.4, -0.2) is 22.5 Å². The maximum Gasteiger partial charge on any atom is 0.149 e. The molecule has 66 valence electrons. The zero-order valence-corrected chi connectivity index (χ0v) is 7.90. The Morgan fingerprint density at radius 2 is 2.36 bits per heavy atom. The molecule has 0 radical (unpaired) electrons. The SMILES string of the molecule is CCC(C)CSCC(N)=NO. The second kappa shape index (κ2) is 6.34. The lowest BCUT2D eigenvalue weighted by Crippen LogP contribution is -2.15. The average molecular weight is 176 g/mol. The molecule has 0 saturated heterocycles. The van der Waals surface area contributed by atoms with E-state index in [1.54, 1.807) is 11.8 Å². The van der Waals surface area contributed by atoms with Crippen LogP contribution in [0.2, 0.25) is 0 Å². The van der Waals surface area contributed by atoms with E-state index in [0.29, 0.717) is 17.5 Å². The number of hydrogen-bond donors (Lipinski definition) is 2. The monoisotopic (exact) mass is 176 g/mol. The van der Waals surface area contributed by atoms with Crippen LogP contribution in [0.1, 0.15) is 20.3 Å². The van der Waals surface area contributed by atoms with Gasteiger partial charge in [0.1, 0.15) is 5.84 Å². The van der Waals surface area contributed by atoms with Gasteiger partial charge < -0.3 is 10.9 Å². The maximum absolute atomic E-state index is 8.21. The number of rotatable bonds is 5. The smallest absolute Gasteiger partial charge is 0.149 e. The minimum Gasteiger partial charge on any atom is -0.409 e. The Hall–Kier alpha value is -0.380. The fourth-order valence-corrected chi connectivity index (χ4v) is 1.53. The third-order valence-corrected chi connectivity index (χ3v) is 2.78. The van der Waals surface area contributed by atoms with Crippen molar-refractivity contribution in [3.05, 3.63) is 0 Å². The number of nitrogens with zero attached hydrogens (tertiary/aromatic N) is 1. The van der Waals surface area contributed by atoms with Crippen molar-refractivity contribution < 1.29 is 5.21 Å². The first-order valence-corrected chi connectivity index (χ1v) is 4.90. The highest BCUT2D eigenvalue weighted by Gasteiger charge is 1.99. The third-order valence-electron chi connectivity index (χ3n) is 1.48. The second-order valence-corrected chi connectivity index (χ2v) is 3.65. The topological polar surface area (TPSA) is 58.6 Å². The first-order chi connectivity index (χ1) is 5.20. The molecule has 11 heavy (non-hydrogen) atoms. The summed E-state index contributed by atoms with van der Waals surface area (Å²) in [5.41, 5.74) is 5.28. The summed E-state index contributed by atoms with van der Waals surface area (Å²) in [6.07, 6.45) is 1.18. The Labute approximate surface area is 72.0 Å². The Morgan fingerprint density at radius 1 is 1.73 bits per heavy atom. The van der Waals surface area contributed by atoms with Crippen molar-refractivity contribution in [1.29, 1.82) is 0 Å². The number of oxime groups is 1. The molecular formula is C7H16N2OS. The van der Waals surface area contributed by atoms with Crippen LogP contribution in [0.5, 0.6) is 0 Å². The molecule has 1 unspecified atom stereocenters. The molecule has 3 nitrogen and oxygen atoms in total. The fourth-order valence-electron chi connectivity index (χ4n) is 0.511. The van der Waals surface area contributed by atoms with Crippen LogP contribution in [0.4, 0.5) is 0 Å². The van der Waals surface area contributed by atoms with Crippen LogP contribution in [0.3, 0.4) is 0 Å². The van der Waals surface area contributed by atoms with Gasteiger partial charge >= 0.3 is 0 Å². The molecule has 0 amide bonds. The lowest BCUT2D eigenvalue weighted by atomic mass is 10.2. The Morgan fingerprint density at radius 3 is 2.82 bits per heavy atom. The third kappa shape index (κ3) is 6.04. The van der Waals surface area contributed by atoms with Gasteiger partial charge in [-0.3, -0.25) is 0 Å². The molecule has 0 aromatic carbocycles. The van der Waals surface area contributed by atoms with Crippen molar-refractivity contribution in [2.24, 2.45) is 16.8 Å². The van der Waals surface area contributed by atoms with Gasteiger partial charge in [0.05, 0.1) is 5.75 Å². The van der Waals surface area contributed by atoms with Crippen molar-refractivity contribution >= 4 is 17.6 Å². The summed E-state index contributed by atoms with van der Waals surface area (Å²) in [7, 11) is 0. The lowest BCUT2D eigenvalue weighted by molar-refractivity contribution is 0.318. The molecule has 0 aliphatic heterocycles. The predicted octanol–water partition coefficient (Wildman–Crippen LogP) is 1.51. The van der Waals surface area contributed by atoms with Gasteiger partial charge in [0.25, 0.3) is 0 Å². The molecule has 0 fully saturated rings. The minimum atomic E-state index is 0.304. The van der Waals surface area contributed by atoms with Crippen molar-refractivity contribution in [2.75, 3.05) is 11.5 Å². The van der Waals surface area contributed by atoms with E-state index in [9.17, 15) is 0 Å². The van der Waals surface area contributed by atoms with Gasteiger partial charge in [-0.05, 0) is 11.7 Å². The molecule has 0 aromatic heterocycles. The summed E-state index contributed by atoms with van der Waals surface area (Å²) in [6, 6.07) is 0. The highest BCUT2D eigenvalue weighted by molar-refractivity contribution is 7.99. The van der Waals surface area contributed by atoms with E-state index < -0.39 is 0 Å². The Bertz CT molecular complexity index is 128. The summed E-state index contributed by atoms with van der Waals surface area (Å²) in [5, 5.41) is 11.1. The van der Waals surface area contributed by atoms with E-state index in [0.717, 1.165) is 5.75 Å². The largest absolute Gasteiger partial charge is 0.409 e. The molecule has 1 atom stereocenters. The Kier molecular flexibility index (Phi) is 6.12. The van der Waals surface area contributed by atoms with Crippen LogP contribution in [-0.2, 0) is 0 Å². The van der Waals surface area contributed by atoms with E-state index >= 15 is 0 Å². The number of amidine groups is 1. The normalized spacial score (nSPS) is 14.9. The van der Waals surface area contributed by atoms with E-state index in [-0.39, 0.29) is 0 Å². The quantitative estimate of drug-likeness (QED) is 0.289. The van der Waals surface area contributed by atoms with Crippen LogP contribution in [0, 0.1) is 5.92 Å². The summed E-state index contributed by atoms with van der Waals surface area (Å²) in [4.78, 5) is 0. The highest BCUT2D eigenvalue weighted by atomic mass is 32.2. The summed E-state index contributed by atoms with van der Waals surface area (Å²) in [6.45, 7) is 4.36. The van der Waals surface area contributed by atoms with Gasteiger partial charge in [0.2, 0.25) is 0 Å². The average Bonchev–Trinajstić information content (AvgIpc) is 2.04. The molecule has 3 N–H and O–H groups in total. The van der Waals surface area contributed by atoms with Gasteiger partial charge in [-0.2, -0.15) is 11.8 Å². The highest BCUT2D eigenvalue weighted by Crippen LogP contribution is 2.10. The molecule has 0 aliphatic carbocycles. The fraction of sp³-hybridized carbons (Fsp3) is 0.857. The van der Waals surface area contributed by atoms with Crippen molar-refractivity contribution in [3.63, 3.8) is 0 Å². The number of nitrogens with two attached hydrogens (primary N) is 1. The summed E-state index contributed by atoms with van der Waals surface area (Å²) < 4.78 is 0. The van der Waals surface area contributed by atoms with E-state index in [2.05, 4.69) is 19.0 Å². The standard InChI is InChI=1S/C7H16N2OS/c1-3-6(2)4-11-5-7(8)9-10/h6,10H,3-5H2,1-2H3,(H2,8,9). The molecule has 0 spiro atoms. The van der Waals surface area contributed by atoms with Crippen molar-refractivity contribution in [1.82, 2.24) is 0 Å². The first-order valence-electron chi connectivity index (χ1n) is 3.74. The molecule has 4 heteroatoms. The molecule has 0 saturated carbocycles. The number of thioether (sulfide) groups is 1. The zero-order chi connectivity index (χ0) is 8.69. The molecule has 0 aromatic rings. The van der Waals surface area contributed by atoms with Crippen molar-refractivity contribution in [3.8, 4) is 0 Å². The van der Waals surface area contributed by atoms with E-state index in [1.807, 2.05) is 0 Å². The number of hydrogen-bond acceptors (Lipinski definition) is 3. The van der Waals surface area contributed by atoms with E-state index in [1.165, 1.54) is 6.42 Å². The predicted molar refractivity (Wildman–Crippen MR) is 50.2 cm³/mol. The van der Waals surface area contributed by atoms with Crippen LogP contribution >= 0.6 is 11.8 Å². The van der Waals surface area contributed by atoms with Gasteiger partial charge in [0, 0.05) is 0 Å². The van der Waals surface area contributed by atoms with Gasteiger partial charge in [-0.15, -0.1) is 0 Å². The molecule has 0 bridgehead atoms. The summed E-state index contributed by atoms with van der Waals surface area (Å²) >= 11 is 1.70. The van der Waals surface area contributed by atoms with Crippen molar-refractivity contribution in [2.45, 2.75) is 20.3 Å². The van der Waals surface area contributed by atoms with Crippen LogP contribution < -0.4 is 5.73 Å². The second-order valence-electron chi connectivity index (χ2n) is 2.62. The zero-order valence-electron chi connectivity index (χ0n) is 7.08. The van der Waals surface area contributed by atoms with Gasteiger partial charge in [0.15, 0.2) is 0 Å². The lowest BCUT2D eigenvalue weighted by Gasteiger charge is -2.05. The Balaban J connectivity index is 3.27. The van der Waals surface area contributed by atoms with Gasteiger partial charge in [-0.25, -0.2) is 0 Å². The molecular weight excluding hydrogens is 160 g/mol. The van der Waals surface area contributed by atoms with E-state index in [4.69, 9.17) is 10.9 Å². The minimum absolute atomic E-state index is 0.304. The van der Waals surface area contributed by atoms with Crippen LogP contribution in [0.25, 0.3) is 0 Å². The summed E-state index contributed by atoms with van der Waals surface area (Å²) in [5.74, 6) is 2.72. The molecule has 0 rings (SSSR count).